The molecule has 7 nitrogen and oxygen atoms in total. The Bertz CT molecular complexity index is 1350. The zero-order valence-corrected chi connectivity index (χ0v) is 20.0. The van der Waals surface area contributed by atoms with Gasteiger partial charge < -0.3 is 24.7 Å². The second-order valence-corrected chi connectivity index (χ2v) is 7.97. The molecule has 0 saturated heterocycles. The Hall–Kier alpha value is -4.15. The van der Waals surface area contributed by atoms with Crippen LogP contribution in [0.15, 0.2) is 72.1 Å². The Morgan fingerprint density at radius 2 is 1.80 bits per heavy atom. The van der Waals surface area contributed by atoms with Gasteiger partial charge >= 0.3 is 5.97 Å². The van der Waals surface area contributed by atoms with Gasteiger partial charge in [-0.3, -0.25) is 0 Å². The highest BCUT2D eigenvalue weighted by Crippen LogP contribution is 2.45. The van der Waals surface area contributed by atoms with Gasteiger partial charge in [0.05, 0.1) is 29.7 Å². The number of fused-ring (bicyclic) bond motifs is 1. The monoisotopic (exact) mass is 490 g/mol. The second-order valence-electron chi connectivity index (χ2n) is 7.57. The zero-order chi connectivity index (χ0) is 24.9. The van der Waals surface area contributed by atoms with Crippen LogP contribution in [0.3, 0.4) is 0 Å². The maximum Gasteiger partial charge on any atom is 0.345 e. The van der Waals surface area contributed by atoms with Crippen LogP contribution < -0.4 is 24.7 Å². The highest BCUT2D eigenvalue weighted by atomic mass is 35.5. The van der Waals surface area contributed by atoms with Crippen molar-refractivity contribution < 1.29 is 23.7 Å². The topological polar surface area (TPSA) is 104 Å². The van der Waals surface area contributed by atoms with Gasteiger partial charge in [0.2, 0.25) is 5.88 Å². The van der Waals surface area contributed by atoms with E-state index in [1.165, 1.54) is 0 Å². The molecular weight excluding hydrogens is 468 g/mol. The molecule has 0 amide bonds. The molecule has 178 valence electrons. The lowest BCUT2D eigenvalue weighted by Crippen LogP contribution is -2.21. The molecule has 3 aromatic carbocycles. The van der Waals surface area contributed by atoms with Gasteiger partial charge in [-0.05, 0) is 49.7 Å². The van der Waals surface area contributed by atoms with E-state index < -0.39 is 11.9 Å². The third kappa shape index (κ3) is 4.88. The molecule has 8 heteroatoms. The summed E-state index contributed by atoms with van der Waals surface area (Å²) < 4.78 is 22.7. The van der Waals surface area contributed by atoms with Crippen LogP contribution in [0.25, 0.3) is 0 Å². The van der Waals surface area contributed by atoms with Crippen LogP contribution in [0.1, 0.15) is 41.3 Å². The van der Waals surface area contributed by atoms with Gasteiger partial charge in [0.25, 0.3) is 0 Å². The first kappa shape index (κ1) is 24.0. The molecule has 1 aliphatic heterocycles. The molecule has 0 radical (unpaired) electrons. The molecule has 4 rings (SSSR count). The molecule has 3 aromatic rings. The van der Waals surface area contributed by atoms with E-state index in [2.05, 4.69) is 6.07 Å². The number of ether oxygens (including phenoxy) is 4. The molecule has 0 bridgehead atoms. The molecule has 1 heterocycles. The van der Waals surface area contributed by atoms with E-state index in [-0.39, 0.29) is 22.8 Å². The molecule has 0 fully saturated rings. The number of allylic oxidation sites excluding steroid dienone is 1. The van der Waals surface area contributed by atoms with Gasteiger partial charge in [-0.1, -0.05) is 35.9 Å². The van der Waals surface area contributed by atoms with E-state index in [0.29, 0.717) is 41.0 Å². The van der Waals surface area contributed by atoms with Crippen LogP contribution >= 0.6 is 11.6 Å². The molecule has 2 N–H and O–H groups in total. The first-order valence-corrected chi connectivity index (χ1v) is 11.4. The maximum absolute atomic E-state index is 12.6. The van der Waals surface area contributed by atoms with Crippen molar-refractivity contribution in [3.05, 3.63) is 93.8 Å². The third-order valence-corrected chi connectivity index (χ3v) is 5.73. The predicted octanol–water partition coefficient (Wildman–Crippen LogP) is 5.57. The van der Waals surface area contributed by atoms with Crippen molar-refractivity contribution in [2.24, 2.45) is 5.73 Å². The van der Waals surface area contributed by atoms with Crippen molar-refractivity contribution in [2.45, 2.75) is 19.8 Å². The number of nitrogens with two attached hydrogens (primary N) is 1. The molecule has 0 saturated carbocycles. The van der Waals surface area contributed by atoms with Crippen LogP contribution in [0.4, 0.5) is 0 Å². The molecule has 1 atom stereocenters. The summed E-state index contributed by atoms with van der Waals surface area (Å²) in [6.45, 7) is 4.73. The summed E-state index contributed by atoms with van der Waals surface area (Å²) in [7, 11) is 0. The predicted molar refractivity (Wildman–Crippen MR) is 131 cm³/mol. The van der Waals surface area contributed by atoms with Gasteiger partial charge in [-0.2, -0.15) is 5.26 Å². The van der Waals surface area contributed by atoms with Gasteiger partial charge in [-0.15, -0.1) is 0 Å². The van der Waals surface area contributed by atoms with Gasteiger partial charge in [0, 0.05) is 11.6 Å². The van der Waals surface area contributed by atoms with Crippen LogP contribution in [-0.2, 0) is 0 Å². The number of halogens is 1. The molecule has 0 aliphatic carbocycles. The molecule has 35 heavy (non-hydrogen) atoms. The molecule has 0 aromatic heterocycles. The van der Waals surface area contributed by atoms with Gasteiger partial charge in [0.1, 0.15) is 23.1 Å². The summed E-state index contributed by atoms with van der Waals surface area (Å²) >= 11 is 6.11. The van der Waals surface area contributed by atoms with Crippen LogP contribution in [-0.4, -0.2) is 19.2 Å². The third-order valence-electron chi connectivity index (χ3n) is 5.40. The van der Waals surface area contributed by atoms with Crippen LogP contribution in [0.2, 0.25) is 5.02 Å². The Balaban J connectivity index is 1.72. The summed E-state index contributed by atoms with van der Waals surface area (Å²) in [5.41, 5.74) is 8.11. The Morgan fingerprint density at radius 1 is 1.06 bits per heavy atom. The van der Waals surface area contributed by atoms with Crippen LogP contribution in [0.5, 0.6) is 23.0 Å². The Kier molecular flexibility index (Phi) is 7.14. The number of carbonyl (C=O) groups is 1. The van der Waals surface area contributed by atoms with E-state index in [0.717, 1.165) is 5.56 Å². The van der Waals surface area contributed by atoms with E-state index in [4.69, 9.17) is 36.3 Å². The standard InChI is InChI=1S/C27H23ClN2O5/c1-3-32-22-12-9-16(13-24(22)33-4-2)25-19-11-10-17(14-23(19)35-26(30)20(25)15-29)34-27(31)18-7-5-6-8-21(18)28/h5-14,25H,3-4,30H2,1-2H3. The summed E-state index contributed by atoms with van der Waals surface area (Å²) in [5.74, 6) is 0.684. The van der Waals surface area contributed by atoms with E-state index in [1.807, 2.05) is 32.0 Å². The summed E-state index contributed by atoms with van der Waals surface area (Å²) in [5, 5.41) is 10.1. The van der Waals surface area contributed by atoms with Crippen LogP contribution in [0, 0.1) is 11.3 Å². The van der Waals surface area contributed by atoms with Crippen molar-refractivity contribution in [3.8, 4) is 29.1 Å². The highest BCUT2D eigenvalue weighted by molar-refractivity contribution is 6.33. The molecule has 1 unspecified atom stereocenters. The summed E-state index contributed by atoms with van der Waals surface area (Å²) in [6, 6.07) is 19.2. The van der Waals surface area contributed by atoms with Crippen molar-refractivity contribution in [3.63, 3.8) is 0 Å². The quantitative estimate of drug-likeness (QED) is 0.340. The lowest BCUT2D eigenvalue weighted by Gasteiger charge is -2.27. The maximum atomic E-state index is 12.6. The highest BCUT2D eigenvalue weighted by Gasteiger charge is 2.32. The van der Waals surface area contributed by atoms with E-state index in [9.17, 15) is 10.1 Å². The fourth-order valence-corrected chi connectivity index (χ4v) is 4.09. The number of hydrogen-bond donors (Lipinski definition) is 1. The van der Waals surface area contributed by atoms with Crippen molar-refractivity contribution in [2.75, 3.05) is 13.2 Å². The molecule has 1 aliphatic rings. The number of esters is 1. The fourth-order valence-electron chi connectivity index (χ4n) is 3.88. The van der Waals surface area contributed by atoms with Gasteiger partial charge in [0.15, 0.2) is 11.5 Å². The van der Waals surface area contributed by atoms with Crippen molar-refractivity contribution in [1.29, 1.82) is 5.26 Å². The summed E-state index contributed by atoms with van der Waals surface area (Å²) in [4.78, 5) is 12.6. The second kappa shape index (κ2) is 10.4. The average Bonchev–Trinajstić information content (AvgIpc) is 2.84. The zero-order valence-electron chi connectivity index (χ0n) is 19.2. The summed E-state index contributed by atoms with van der Waals surface area (Å²) in [6.07, 6.45) is 0. The first-order chi connectivity index (χ1) is 17.0. The minimum Gasteiger partial charge on any atom is -0.490 e. The first-order valence-electron chi connectivity index (χ1n) is 11.0. The smallest absolute Gasteiger partial charge is 0.345 e. The number of carbonyl (C=O) groups excluding carboxylic acids is 1. The Labute approximate surface area is 208 Å². The normalized spacial score (nSPS) is 14.4. The number of benzene rings is 3. The fraction of sp³-hybridized carbons (Fsp3) is 0.185. The SMILES string of the molecule is CCOc1ccc(C2C(C#N)=C(N)Oc3cc(OC(=O)c4ccccc4Cl)ccc32)cc1OCC. The number of hydrogen-bond acceptors (Lipinski definition) is 7. The van der Waals surface area contributed by atoms with E-state index >= 15 is 0 Å². The number of nitriles is 1. The van der Waals surface area contributed by atoms with Gasteiger partial charge in [-0.25, -0.2) is 4.79 Å². The largest absolute Gasteiger partial charge is 0.490 e. The molecular formula is C27H23ClN2O5. The minimum atomic E-state index is -0.600. The lowest BCUT2D eigenvalue weighted by molar-refractivity contribution is 0.0734. The molecule has 0 spiro atoms. The van der Waals surface area contributed by atoms with Crippen molar-refractivity contribution in [1.82, 2.24) is 0 Å². The van der Waals surface area contributed by atoms with Crippen molar-refractivity contribution >= 4 is 17.6 Å². The average molecular weight is 491 g/mol. The minimum absolute atomic E-state index is 0.0218. The number of nitrogens with zero attached hydrogens (tertiary/aromatic N) is 1. The Morgan fingerprint density at radius 3 is 2.51 bits per heavy atom. The van der Waals surface area contributed by atoms with E-state index in [1.54, 1.807) is 42.5 Å². The number of rotatable bonds is 7. The lowest BCUT2D eigenvalue weighted by atomic mass is 9.83.